The summed E-state index contributed by atoms with van der Waals surface area (Å²) in [7, 11) is 1.50. The molecule has 0 aliphatic heterocycles. The third-order valence-corrected chi connectivity index (χ3v) is 4.08. The van der Waals surface area contributed by atoms with Crippen molar-refractivity contribution in [2.75, 3.05) is 19.0 Å². The summed E-state index contributed by atoms with van der Waals surface area (Å²) in [5.41, 5.74) is 1.71. The molecule has 0 radical (unpaired) electrons. The number of amides is 1. The number of ether oxygens (including phenoxy) is 2. The van der Waals surface area contributed by atoms with Gasteiger partial charge in [0, 0.05) is 11.6 Å². The van der Waals surface area contributed by atoms with E-state index >= 15 is 0 Å². The van der Waals surface area contributed by atoms with Crippen LogP contribution >= 0.6 is 0 Å². The van der Waals surface area contributed by atoms with E-state index in [1.54, 1.807) is 42.5 Å². The first-order chi connectivity index (χ1) is 13.5. The third kappa shape index (κ3) is 4.46. The van der Waals surface area contributed by atoms with Crippen molar-refractivity contribution in [1.29, 1.82) is 0 Å². The van der Waals surface area contributed by atoms with E-state index in [9.17, 15) is 13.6 Å². The van der Waals surface area contributed by atoms with Crippen molar-refractivity contribution in [2.24, 2.45) is 0 Å². The summed E-state index contributed by atoms with van der Waals surface area (Å²) in [5.74, 6) is -1.28. The van der Waals surface area contributed by atoms with E-state index in [1.165, 1.54) is 13.2 Å². The maximum atomic E-state index is 14.4. The van der Waals surface area contributed by atoms with Gasteiger partial charge in [-0.1, -0.05) is 36.4 Å². The number of carbonyl (C=O) groups is 1. The lowest BCUT2D eigenvalue weighted by molar-refractivity contribution is -0.118. The molecule has 0 spiro atoms. The molecule has 3 aromatic rings. The number of benzene rings is 3. The fourth-order valence-corrected chi connectivity index (χ4v) is 2.76. The minimum absolute atomic E-state index is 0.0999. The van der Waals surface area contributed by atoms with Gasteiger partial charge in [-0.3, -0.25) is 4.79 Å². The van der Waals surface area contributed by atoms with Crippen LogP contribution in [0.3, 0.4) is 0 Å². The molecule has 144 valence electrons. The molecule has 0 aromatic heterocycles. The first-order valence-electron chi connectivity index (χ1n) is 8.59. The zero-order valence-electron chi connectivity index (χ0n) is 15.5. The lowest BCUT2D eigenvalue weighted by Crippen LogP contribution is -2.21. The summed E-state index contributed by atoms with van der Waals surface area (Å²) in [4.78, 5) is 12.3. The van der Waals surface area contributed by atoms with Gasteiger partial charge in [-0.15, -0.1) is 0 Å². The largest absolute Gasteiger partial charge is 0.493 e. The van der Waals surface area contributed by atoms with E-state index in [1.807, 2.05) is 13.0 Å². The van der Waals surface area contributed by atoms with Crippen molar-refractivity contribution in [2.45, 2.75) is 6.92 Å². The number of nitrogens with one attached hydrogen (secondary N) is 1. The quantitative estimate of drug-likeness (QED) is 0.654. The Morgan fingerprint density at radius 2 is 1.75 bits per heavy atom. The van der Waals surface area contributed by atoms with Crippen LogP contribution in [0.5, 0.6) is 11.5 Å². The molecule has 3 aromatic carbocycles. The van der Waals surface area contributed by atoms with Crippen LogP contribution in [0.4, 0.5) is 14.5 Å². The number of aryl methyl sites for hydroxylation is 1. The monoisotopic (exact) mass is 383 g/mol. The van der Waals surface area contributed by atoms with E-state index in [2.05, 4.69) is 5.32 Å². The van der Waals surface area contributed by atoms with E-state index in [0.29, 0.717) is 17.1 Å². The number of anilines is 1. The Morgan fingerprint density at radius 1 is 1.00 bits per heavy atom. The molecule has 6 heteroatoms. The number of hydrogen-bond acceptors (Lipinski definition) is 3. The Kier molecular flexibility index (Phi) is 5.89. The summed E-state index contributed by atoms with van der Waals surface area (Å²) in [5, 5.41) is 2.48. The molecule has 0 aliphatic carbocycles. The van der Waals surface area contributed by atoms with Crippen LogP contribution in [0, 0.1) is 18.6 Å². The maximum absolute atomic E-state index is 14.4. The van der Waals surface area contributed by atoms with E-state index in [-0.39, 0.29) is 17.9 Å². The van der Waals surface area contributed by atoms with Gasteiger partial charge < -0.3 is 14.8 Å². The molecule has 0 saturated heterocycles. The van der Waals surface area contributed by atoms with Gasteiger partial charge in [-0.25, -0.2) is 8.78 Å². The Morgan fingerprint density at radius 3 is 2.46 bits per heavy atom. The van der Waals surface area contributed by atoms with Gasteiger partial charge in [-0.05, 0) is 36.2 Å². The second-order valence-corrected chi connectivity index (χ2v) is 6.17. The zero-order chi connectivity index (χ0) is 20.1. The minimum Gasteiger partial charge on any atom is -0.493 e. The molecule has 28 heavy (non-hydrogen) atoms. The molecular weight excluding hydrogens is 364 g/mol. The highest BCUT2D eigenvalue weighted by atomic mass is 19.1. The van der Waals surface area contributed by atoms with Crippen molar-refractivity contribution in [3.05, 3.63) is 77.9 Å². The van der Waals surface area contributed by atoms with Crippen LogP contribution in [-0.2, 0) is 4.79 Å². The van der Waals surface area contributed by atoms with Gasteiger partial charge in [0.1, 0.15) is 11.6 Å². The van der Waals surface area contributed by atoms with Gasteiger partial charge >= 0.3 is 0 Å². The van der Waals surface area contributed by atoms with Crippen molar-refractivity contribution >= 4 is 11.6 Å². The third-order valence-electron chi connectivity index (χ3n) is 4.08. The summed E-state index contributed by atoms with van der Waals surface area (Å²) < 4.78 is 38.8. The summed E-state index contributed by atoms with van der Waals surface area (Å²) in [6.45, 7) is 1.55. The van der Waals surface area contributed by atoms with Gasteiger partial charge in [0.2, 0.25) is 0 Å². The van der Waals surface area contributed by atoms with Crippen molar-refractivity contribution in [1.82, 2.24) is 0 Å². The zero-order valence-corrected chi connectivity index (χ0v) is 15.5. The second kappa shape index (κ2) is 8.52. The molecule has 0 aliphatic rings. The Hall–Kier alpha value is -3.41. The molecule has 0 atom stereocenters. The fraction of sp³-hybridized carbons (Fsp3) is 0.136. The molecule has 0 bridgehead atoms. The Balaban J connectivity index is 1.79. The predicted molar refractivity (Wildman–Crippen MR) is 104 cm³/mol. The van der Waals surface area contributed by atoms with E-state index < -0.39 is 17.5 Å². The van der Waals surface area contributed by atoms with Gasteiger partial charge in [0.25, 0.3) is 5.91 Å². The van der Waals surface area contributed by atoms with Crippen molar-refractivity contribution in [3.63, 3.8) is 0 Å². The van der Waals surface area contributed by atoms with E-state index in [0.717, 1.165) is 11.6 Å². The van der Waals surface area contributed by atoms with E-state index in [4.69, 9.17) is 9.47 Å². The SMILES string of the molecule is COc1cc(C)ccc1OCC(=O)Nc1c(F)cc(F)cc1-c1ccccc1. The molecule has 0 unspecified atom stereocenters. The normalized spacial score (nSPS) is 10.4. The van der Waals surface area contributed by atoms with Crippen LogP contribution in [0.15, 0.2) is 60.7 Å². The first-order valence-corrected chi connectivity index (χ1v) is 8.59. The number of rotatable bonds is 6. The first kappa shape index (κ1) is 19.4. The lowest BCUT2D eigenvalue weighted by atomic mass is 10.0. The van der Waals surface area contributed by atoms with Crippen LogP contribution in [-0.4, -0.2) is 19.6 Å². The van der Waals surface area contributed by atoms with Crippen molar-refractivity contribution in [3.8, 4) is 22.6 Å². The summed E-state index contributed by atoms with van der Waals surface area (Å²) in [6.07, 6.45) is 0. The molecule has 4 nitrogen and oxygen atoms in total. The van der Waals surface area contributed by atoms with Crippen LogP contribution < -0.4 is 14.8 Å². The highest BCUT2D eigenvalue weighted by Gasteiger charge is 2.16. The van der Waals surface area contributed by atoms with Crippen LogP contribution in [0.25, 0.3) is 11.1 Å². The smallest absolute Gasteiger partial charge is 0.262 e. The second-order valence-electron chi connectivity index (χ2n) is 6.17. The number of hydrogen-bond donors (Lipinski definition) is 1. The van der Waals surface area contributed by atoms with Gasteiger partial charge in [-0.2, -0.15) is 0 Å². The lowest BCUT2D eigenvalue weighted by Gasteiger charge is -2.14. The van der Waals surface area contributed by atoms with Crippen LogP contribution in [0.2, 0.25) is 0 Å². The molecular formula is C22H19F2NO3. The number of halogens is 2. The molecule has 1 N–H and O–H groups in total. The molecule has 0 fully saturated rings. The molecule has 0 saturated carbocycles. The molecule has 1 amide bonds. The number of carbonyl (C=O) groups excluding carboxylic acids is 1. The fourth-order valence-electron chi connectivity index (χ4n) is 2.76. The average Bonchev–Trinajstić information content (AvgIpc) is 2.69. The average molecular weight is 383 g/mol. The predicted octanol–water partition coefficient (Wildman–Crippen LogP) is 4.97. The summed E-state index contributed by atoms with van der Waals surface area (Å²) in [6, 6.07) is 15.9. The van der Waals surface area contributed by atoms with Gasteiger partial charge in [0.05, 0.1) is 12.8 Å². The van der Waals surface area contributed by atoms with Gasteiger partial charge in [0.15, 0.2) is 18.1 Å². The minimum atomic E-state index is -0.861. The topological polar surface area (TPSA) is 47.6 Å². The number of methoxy groups -OCH3 is 1. The van der Waals surface area contributed by atoms with Crippen molar-refractivity contribution < 1.29 is 23.0 Å². The standard InChI is InChI=1S/C22H19F2NO3/c1-14-8-9-19(20(10-14)27-2)28-13-21(26)25-22-17(11-16(23)12-18(22)24)15-6-4-3-5-7-15/h3-12H,13H2,1-2H3,(H,25,26). The molecule has 0 heterocycles. The Bertz CT molecular complexity index is 991. The highest BCUT2D eigenvalue weighted by molar-refractivity contribution is 5.96. The maximum Gasteiger partial charge on any atom is 0.262 e. The molecule has 3 rings (SSSR count). The Labute approximate surface area is 161 Å². The van der Waals surface area contributed by atoms with Crippen LogP contribution in [0.1, 0.15) is 5.56 Å². The summed E-state index contributed by atoms with van der Waals surface area (Å²) >= 11 is 0. The highest BCUT2D eigenvalue weighted by Crippen LogP contribution is 2.32.